The van der Waals surface area contributed by atoms with E-state index in [2.05, 4.69) is 37.2 Å². The minimum atomic E-state index is 0.726. The maximum absolute atomic E-state index is 5.39. The summed E-state index contributed by atoms with van der Waals surface area (Å²) in [5, 5.41) is 3.20. The van der Waals surface area contributed by atoms with Crippen molar-refractivity contribution < 1.29 is 0 Å². The van der Waals surface area contributed by atoms with E-state index in [1.165, 1.54) is 5.54 Å². The molecular weight excluding hydrogens is 317 g/mol. The first-order valence-corrected chi connectivity index (χ1v) is 5.70. The van der Waals surface area contributed by atoms with Crippen molar-refractivity contribution in [3.63, 3.8) is 0 Å². The zero-order chi connectivity index (χ0) is 9.68. The highest BCUT2D eigenvalue weighted by Gasteiger charge is 1.97. The summed E-state index contributed by atoms with van der Waals surface area (Å²) in [6.45, 7) is 0.726. The largest absolute Gasteiger partial charge is 0.381 e. The van der Waals surface area contributed by atoms with Crippen molar-refractivity contribution >= 4 is 49.1 Å². The van der Waals surface area contributed by atoms with E-state index < -0.39 is 0 Å². The van der Waals surface area contributed by atoms with Gasteiger partial charge in [0.15, 0.2) is 0 Å². The zero-order valence-electron chi connectivity index (χ0n) is 6.73. The predicted molar refractivity (Wildman–Crippen MR) is 65.3 cm³/mol. The van der Waals surface area contributed by atoms with Gasteiger partial charge in [-0.3, -0.25) is 0 Å². The van der Waals surface area contributed by atoms with Crippen LogP contribution in [-0.4, -0.2) is 6.54 Å². The first-order chi connectivity index (χ1) is 6.24. The van der Waals surface area contributed by atoms with Crippen LogP contribution in [0.2, 0.25) is 0 Å². The Balaban J connectivity index is 2.66. The Morgan fingerprint density at radius 1 is 1.38 bits per heavy atom. The fourth-order valence-electron chi connectivity index (χ4n) is 0.846. The third-order valence-corrected chi connectivity index (χ3v) is 2.76. The summed E-state index contributed by atoms with van der Waals surface area (Å²) >= 11 is 12.2. The summed E-state index contributed by atoms with van der Waals surface area (Å²) in [6, 6.07) is 5.97. The van der Waals surface area contributed by atoms with Crippen molar-refractivity contribution in [1.82, 2.24) is 0 Å². The maximum atomic E-state index is 5.39. The van der Waals surface area contributed by atoms with Crippen molar-refractivity contribution in [2.24, 2.45) is 0 Å². The fraction of sp³-hybridized carbons (Fsp3) is 0.111. The Kier molecular flexibility index (Phi) is 4.84. The van der Waals surface area contributed by atoms with Crippen LogP contribution in [0.25, 0.3) is 0 Å². The molecule has 0 aliphatic carbocycles. The van der Waals surface area contributed by atoms with E-state index in [9.17, 15) is 0 Å². The van der Waals surface area contributed by atoms with Gasteiger partial charge < -0.3 is 5.32 Å². The van der Waals surface area contributed by atoms with Crippen molar-refractivity contribution in [2.45, 2.75) is 0 Å². The molecule has 0 fully saturated rings. The third-order valence-electron chi connectivity index (χ3n) is 1.43. The normalized spacial score (nSPS) is 10.7. The number of hydrogen-bond donors (Lipinski definition) is 1. The second-order valence-electron chi connectivity index (χ2n) is 2.37. The van der Waals surface area contributed by atoms with Crippen LogP contribution < -0.4 is 5.32 Å². The molecule has 1 N–H and O–H groups in total. The molecule has 4 heteroatoms. The molecule has 0 saturated carbocycles. The lowest BCUT2D eigenvalue weighted by molar-refractivity contribution is 1.33. The molecule has 0 saturated heterocycles. The van der Waals surface area contributed by atoms with Gasteiger partial charge in [0.1, 0.15) is 0 Å². The number of hydrogen-bond acceptors (Lipinski definition) is 1. The van der Waals surface area contributed by atoms with Gasteiger partial charge in [-0.2, -0.15) is 0 Å². The molecule has 0 spiro atoms. The molecule has 0 bridgehead atoms. The summed E-state index contributed by atoms with van der Waals surface area (Å²) in [7, 11) is 0. The Bertz CT molecular complexity index is 312. The standard InChI is InChI=1S/C9H8Br2ClN/c10-7-2-3-9(8(11)6-7)13-5-1-4-12/h1-4,6,13H,5H2/b4-1+. The minimum absolute atomic E-state index is 0.726. The molecule has 1 aromatic rings. The Morgan fingerprint density at radius 3 is 2.77 bits per heavy atom. The molecule has 1 aromatic carbocycles. The smallest absolute Gasteiger partial charge is 0.0487 e. The predicted octanol–water partition coefficient (Wildman–Crippen LogP) is 4.38. The van der Waals surface area contributed by atoms with Gasteiger partial charge in [0, 0.05) is 26.7 Å². The first kappa shape index (κ1) is 11.1. The van der Waals surface area contributed by atoms with Crippen LogP contribution in [0.15, 0.2) is 38.8 Å². The van der Waals surface area contributed by atoms with E-state index in [-0.39, 0.29) is 0 Å². The molecule has 1 nitrogen and oxygen atoms in total. The zero-order valence-corrected chi connectivity index (χ0v) is 10.7. The lowest BCUT2D eigenvalue weighted by Crippen LogP contribution is -1.98. The number of rotatable bonds is 3. The molecule has 0 aliphatic heterocycles. The highest BCUT2D eigenvalue weighted by atomic mass is 79.9. The SMILES string of the molecule is Cl/C=C/CNc1ccc(Br)cc1Br. The number of halogens is 3. The first-order valence-electron chi connectivity index (χ1n) is 3.68. The van der Waals surface area contributed by atoms with Crippen LogP contribution in [0.3, 0.4) is 0 Å². The number of anilines is 1. The molecule has 70 valence electrons. The van der Waals surface area contributed by atoms with Crippen LogP contribution in [0, 0.1) is 0 Å². The molecule has 0 atom stereocenters. The van der Waals surface area contributed by atoms with Gasteiger partial charge >= 0.3 is 0 Å². The molecule has 1 rings (SSSR count). The molecule has 0 amide bonds. The summed E-state index contributed by atoms with van der Waals surface area (Å²) in [4.78, 5) is 0. The van der Waals surface area contributed by atoms with Gasteiger partial charge in [0.05, 0.1) is 0 Å². The van der Waals surface area contributed by atoms with E-state index in [4.69, 9.17) is 11.6 Å². The van der Waals surface area contributed by atoms with Crippen LogP contribution >= 0.6 is 43.5 Å². The highest BCUT2D eigenvalue weighted by Crippen LogP contribution is 2.25. The van der Waals surface area contributed by atoms with Crippen molar-refractivity contribution in [3.8, 4) is 0 Å². The van der Waals surface area contributed by atoms with Gasteiger partial charge in [-0.25, -0.2) is 0 Å². The average molecular weight is 325 g/mol. The third kappa shape index (κ3) is 3.71. The summed E-state index contributed by atoms with van der Waals surface area (Å²) in [5.41, 5.74) is 2.55. The van der Waals surface area contributed by atoms with Crippen LogP contribution in [0.1, 0.15) is 0 Å². The maximum Gasteiger partial charge on any atom is 0.0487 e. The molecule has 0 heterocycles. The summed E-state index contributed by atoms with van der Waals surface area (Å²) < 4.78 is 2.09. The summed E-state index contributed by atoms with van der Waals surface area (Å²) in [6.07, 6.45) is 1.84. The monoisotopic (exact) mass is 323 g/mol. The van der Waals surface area contributed by atoms with E-state index >= 15 is 0 Å². The average Bonchev–Trinajstić information content (AvgIpc) is 2.09. The quantitative estimate of drug-likeness (QED) is 0.870. The van der Waals surface area contributed by atoms with E-state index in [1.807, 2.05) is 24.3 Å². The minimum Gasteiger partial charge on any atom is -0.381 e. The number of nitrogens with one attached hydrogen (secondary N) is 1. The highest BCUT2D eigenvalue weighted by molar-refractivity contribution is 9.11. The second-order valence-corrected chi connectivity index (χ2v) is 4.39. The lowest BCUT2D eigenvalue weighted by atomic mass is 10.3. The Hall–Kier alpha value is 0.01000. The van der Waals surface area contributed by atoms with Crippen molar-refractivity contribution in [1.29, 1.82) is 0 Å². The van der Waals surface area contributed by atoms with Crippen molar-refractivity contribution in [3.05, 3.63) is 38.8 Å². The van der Waals surface area contributed by atoms with Crippen LogP contribution in [0.4, 0.5) is 5.69 Å². The van der Waals surface area contributed by atoms with E-state index in [1.54, 1.807) is 0 Å². The van der Waals surface area contributed by atoms with Gasteiger partial charge in [0.25, 0.3) is 0 Å². The molecule has 13 heavy (non-hydrogen) atoms. The Morgan fingerprint density at radius 2 is 2.15 bits per heavy atom. The van der Waals surface area contributed by atoms with Crippen LogP contribution in [0.5, 0.6) is 0 Å². The molecule has 0 aliphatic rings. The van der Waals surface area contributed by atoms with Crippen molar-refractivity contribution in [2.75, 3.05) is 11.9 Å². The number of benzene rings is 1. The Labute approximate surface area is 99.4 Å². The fourth-order valence-corrected chi connectivity index (χ4v) is 2.12. The topological polar surface area (TPSA) is 12.0 Å². The second kappa shape index (κ2) is 5.68. The summed E-state index contributed by atoms with van der Waals surface area (Å²) in [5.74, 6) is 0. The van der Waals surface area contributed by atoms with Gasteiger partial charge in [-0.1, -0.05) is 33.6 Å². The van der Waals surface area contributed by atoms with Gasteiger partial charge in [0.2, 0.25) is 0 Å². The lowest BCUT2D eigenvalue weighted by Gasteiger charge is -2.05. The van der Waals surface area contributed by atoms with Gasteiger partial charge in [-0.15, -0.1) is 0 Å². The van der Waals surface area contributed by atoms with E-state index in [0.717, 1.165) is 21.2 Å². The molecular formula is C9H8Br2ClN. The van der Waals surface area contributed by atoms with Crippen LogP contribution in [-0.2, 0) is 0 Å². The van der Waals surface area contributed by atoms with Gasteiger partial charge in [-0.05, 0) is 34.1 Å². The molecule has 0 unspecified atom stereocenters. The molecule has 0 radical (unpaired) electrons. The molecule has 0 aromatic heterocycles. The van der Waals surface area contributed by atoms with E-state index in [0.29, 0.717) is 0 Å².